The summed E-state index contributed by atoms with van der Waals surface area (Å²) in [6.07, 6.45) is 6.06. The molecule has 1 heterocycles. The average molecular weight is 249 g/mol. The lowest BCUT2D eigenvalue weighted by Gasteiger charge is -2.32. The van der Waals surface area contributed by atoms with E-state index in [1.165, 1.54) is 19.3 Å². The summed E-state index contributed by atoms with van der Waals surface area (Å²) in [6, 6.07) is 1.05. The molecule has 0 bridgehead atoms. The van der Waals surface area contributed by atoms with Gasteiger partial charge in [-0.1, -0.05) is 13.8 Å². The van der Waals surface area contributed by atoms with Crippen LogP contribution in [0.25, 0.3) is 0 Å². The molecule has 0 spiro atoms. The molecule has 0 aliphatic heterocycles. The molecule has 0 saturated heterocycles. The molecule has 3 nitrogen and oxygen atoms in total. The minimum absolute atomic E-state index is 0.465. The van der Waals surface area contributed by atoms with Crippen LogP contribution in [0.5, 0.6) is 0 Å². The van der Waals surface area contributed by atoms with Crippen molar-refractivity contribution in [1.82, 2.24) is 9.55 Å². The molecular formula is C15H27N3. The van der Waals surface area contributed by atoms with Crippen LogP contribution in [0.15, 0.2) is 6.20 Å². The van der Waals surface area contributed by atoms with Crippen molar-refractivity contribution in [2.75, 3.05) is 5.32 Å². The number of hydrogen-bond donors (Lipinski definition) is 1. The lowest BCUT2D eigenvalue weighted by molar-refractivity contribution is 0.279. The Labute approximate surface area is 111 Å². The lowest BCUT2D eigenvalue weighted by atomic mass is 9.80. The Morgan fingerprint density at radius 1 is 1.22 bits per heavy atom. The topological polar surface area (TPSA) is 29.9 Å². The van der Waals surface area contributed by atoms with Gasteiger partial charge in [0.2, 0.25) is 5.95 Å². The average Bonchev–Trinajstić information content (AvgIpc) is 2.57. The predicted octanol–water partition coefficient (Wildman–Crippen LogP) is 4.01. The van der Waals surface area contributed by atoms with Gasteiger partial charge in [0, 0.05) is 18.3 Å². The summed E-state index contributed by atoms with van der Waals surface area (Å²) >= 11 is 0. The largest absolute Gasteiger partial charge is 0.353 e. The van der Waals surface area contributed by atoms with Gasteiger partial charge in [-0.05, 0) is 51.9 Å². The van der Waals surface area contributed by atoms with Crippen LogP contribution in [0.2, 0.25) is 0 Å². The van der Waals surface area contributed by atoms with Crippen molar-refractivity contribution >= 4 is 5.95 Å². The van der Waals surface area contributed by atoms with Gasteiger partial charge in [-0.2, -0.15) is 0 Å². The zero-order chi connectivity index (χ0) is 13.3. The number of rotatable bonds is 3. The van der Waals surface area contributed by atoms with Crippen LogP contribution in [0.3, 0.4) is 0 Å². The first-order valence-corrected chi connectivity index (χ1v) is 7.27. The minimum Gasteiger partial charge on any atom is -0.353 e. The molecule has 102 valence electrons. The molecule has 2 atom stereocenters. The first-order chi connectivity index (χ1) is 8.45. The highest BCUT2D eigenvalue weighted by molar-refractivity contribution is 5.31. The van der Waals surface area contributed by atoms with Gasteiger partial charge in [-0.3, -0.25) is 0 Å². The fourth-order valence-corrected chi connectivity index (χ4v) is 3.26. The molecule has 0 amide bonds. The van der Waals surface area contributed by atoms with Crippen molar-refractivity contribution in [3.8, 4) is 0 Å². The Kier molecular flexibility index (Phi) is 3.98. The smallest absolute Gasteiger partial charge is 0.203 e. The summed E-state index contributed by atoms with van der Waals surface area (Å²) in [5, 5.41) is 3.66. The highest BCUT2D eigenvalue weighted by atomic mass is 15.2. The summed E-state index contributed by atoms with van der Waals surface area (Å²) in [7, 11) is 0. The summed E-state index contributed by atoms with van der Waals surface area (Å²) in [6.45, 7) is 11.2. The summed E-state index contributed by atoms with van der Waals surface area (Å²) < 4.78 is 2.25. The van der Waals surface area contributed by atoms with E-state index < -0.39 is 0 Å². The maximum atomic E-state index is 4.63. The van der Waals surface area contributed by atoms with Crippen LogP contribution >= 0.6 is 0 Å². The normalized spacial score (nSPS) is 28.7. The van der Waals surface area contributed by atoms with Crippen LogP contribution in [0, 0.1) is 18.8 Å². The number of anilines is 1. The number of imidazole rings is 1. The second kappa shape index (κ2) is 5.33. The predicted molar refractivity (Wildman–Crippen MR) is 76.9 cm³/mol. The van der Waals surface area contributed by atoms with Gasteiger partial charge < -0.3 is 9.88 Å². The molecule has 18 heavy (non-hydrogen) atoms. The maximum absolute atomic E-state index is 4.63. The molecule has 3 heteroatoms. The van der Waals surface area contributed by atoms with E-state index in [4.69, 9.17) is 0 Å². The van der Waals surface area contributed by atoms with E-state index >= 15 is 0 Å². The second-order valence-corrected chi connectivity index (χ2v) is 6.47. The van der Waals surface area contributed by atoms with E-state index in [-0.39, 0.29) is 0 Å². The van der Waals surface area contributed by atoms with Crippen molar-refractivity contribution in [2.24, 2.45) is 11.8 Å². The highest BCUT2D eigenvalue weighted by Crippen LogP contribution is 2.30. The van der Waals surface area contributed by atoms with Gasteiger partial charge in [-0.25, -0.2) is 4.98 Å². The van der Waals surface area contributed by atoms with E-state index in [1.54, 1.807) is 0 Å². The molecule has 1 fully saturated rings. The Morgan fingerprint density at radius 2 is 1.83 bits per heavy atom. The Bertz CT molecular complexity index is 384. The number of nitrogens with one attached hydrogen (secondary N) is 1. The molecule has 0 aromatic carbocycles. The molecule has 1 N–H and O–H groups in total. The van der Waals surface area contributed by atoms with E-state index in [2.05, 4.69) is 55.7 Å². The Balaban J connectivity index is 2.08. The first-order valence-electron chi connectivity index (χ1n) is 7.27. The van der Waals surface area contributed by atoms with Gasteiger partial charge in [0.25, 0.3) is 0 Å². The molecule has 1 aromatic heterocycles. The third-order valence-electron chi connectivity index (χ3n) is 3.92. The maximum Gasteiger partial charge on any atom is 0.203 e. The number of aryl methyl sites for hydroxylation is 1. The fraction of sp³-hybridized carbons (Fsp3) is 0.800. The monoisotopic (exact) mass is 249 g/mol. The third-order valence-corrected chi connectivity index (χ3v) is 3.92. The zero-order valence-corrected chi connectivity index (χ0v) is 12.4. The molecule has 0 radical (unpaired) electrons. The van der Waals surface area contributed by atoms with Crippen molar-refractivity contribution in [3.63, 3.8) is 0 Å². The fourth-order valence-electron chi connectivity index (χ4n) is 3.26. The summed E-state index contributed by atoms with van der Waals surface area (Å²) in [5.74, 6) is 2.71. The summed E-state index contributed by atoms with van der Waals surface area (Å²) in [5.41, 5.74) is 1.10. The van der Waals surface area contributed by atoms with Crippen LogP contribution in [-0.2, 0) is 0 Å². The highest BCUT2D eigenvalue weighted by Gasteiger charge is 2.25. The van der Waals surface area contributed by atoms with Gasteiger partial charge in [0.1, 0.15) is 0 Å². The zero-order valence-electron chi connectivity index (χ0n) is 12.4. The van der Waals surface area contributed by atoms with Gasteiger partial charge in [0.15, 0.2) is 0 Å². The quantitative estimate of drug-likeness (QED) is 0.877. The molecule has 1 aromatic rings. The Hall–Kier alpha value is -0.990. The van der Waals surface area contributed by atoms with Crippen LogP contribution < -0.4 is 5.32 Å². The molecule has 2 rings (SSSR count). The lowest BCUT2D eigenvalue weighted by Crippen LogP contribution is -2.31. The molecule has 1 aliphatic carbocycles. The molecule has 1 aliphatic rings. The molecule has 2 unspecified atom stereocenters. The van der Waals surface area contributed by atoms with Crippen molar-refractivity contribution in [3.05, 3.63) is 11.9 Å². The molecular weight excluding hydrogens is 222 g/mol. The summed E-state index contributed by atoms with van der Waals surface area (Å²) in [4.78, 5) is 4.63. The number of aromatic nitrogens is 2. The van der Waals surface area contributed by atoms with Crippen LogP contribution in [0.4, 0.5) is 5.95 Å². The Morgan fingerprint density at radius 3 is 2.39 bits per heavy atom. The number of nitrogens with zero attached hydrogens (tertiary/aromatic N) is 2. The third kappa shape index (κ3) is 3.06. The van der Waals surface area contributed by atoms with Crippen LogP contribution in [-0.4, -0.2) is 15.6 Å². The van der Waals surface area contributed by atoms with Crippen molar-refractivity contribution < 1.29 is 0 Å². The standard InChI is InChI=1S/C15H27N3/c1-10(2)18-9-13(5)16-15(18)17-14-7-11(3)6-12(4)8-14/h9-12,14H,6-8H2,1-5H3,(H,16,17). The SMILES string of the molecule is Cc1cn(C(C)C)c(NC2CC(C)CC(C)C2)n1. The van der Waals surface area contributed by atoms with E-state index in [0.717, 1.165) is 23.5 Å². The van der Waals surface area contributed by atoms with Crippen molar-refractivity contribution in [1.29, 1.82) is 0 Å². The van der Waals surface area contributed by atoms with Gasteiger partial charge >= 0.3 is 0 Å². The van der Waals surface area contributed by atoms with Crippen molar-refractivity contribution in [2.45, 2.75) is 66.0 Å². The molecule has 1 saturated carbocycles. The van der Waals surface area contributed by atoms with E-state index in [0.29, 0.717) is 12.1 Å². The minimum atomic E-state index is 0.465. The van der Waals surface area contributed by atoms with Gasteiger partial charge in [0.05, 0.1) is 5.69 Å². The van der Waals surface area contributed by atoms with Crippen LogP contribution in [0.1, 0.15) is 58.7 Å². The number of hydrogen-bond acceptors (Lipinski definition) is 2. The first kappa shape index (κ1) is 13.4. The van der Waals surface area contributed by atoms with E-state index in [9.17, 15) is 0 Å². The van der Waals surface area contributed by atoms with Gasteiger partial charge in [-0.15, -0.1) is 0 Å². The second-order valence-electron chi connectivity index (χ2n) is 6.47. The van der Waals surface area contributed by atoms with E-state index in [1.807, 2.05) is 0 Å².